The predicted octanol–water partition coefficient (Wildman–Crippen LogP) is 2.72. The third-order valence-electron chi connectivity index (χ3n) is 3.09. The van der Waals surface area contributed by atoms with Crippen LogP contribution in [0, 0.1) is 11.8 Å². The molecule has 0 aromatic rings. The summed E-state index contributed by atoms with van der Waals surface area (Å²) in [5, 5.41) is -0.536. The highest BCUT2D eigenvalue weighted by Gasteiger charge is 2.42. The summed E-state index contributed by atoms with van der Waals surface area (Å²) in [6.45, 7) is 3.96. The number of ketones is 1. The summed E-state index contributed by atoms with van der Waals surface area (Å²) in [7, 11) is 0. The lowest BCUT2D eigenvalue weighted by Crippen LogP contribution is -2.41. The maximum Gasteiger partial charge on any atom is 0.316 e. The Labute approximate surface area is 107 Å². The molecule has 96 valence electrons. The molecule has 1 saturated carbocycles. The van der Waals surface area contributed by atoms with Gasteiger partial charge in [-0.25, -0.2) is 0 Å². The summed E-state index contributed by atoms with van der Waals surface area (Å²) < 4.78 is 4.97. The average molecular weight is 259 g/mol. The van der Waals surface area contributed by atoms with Crippen molar-refractivity contribution in [1.29, 1.82) is 0 Å². The fourth-order valence-electron chi connectivity index (χ4n) is 2.20. The number of ether oxygens (including phenoxy) is 1. The molecule has 0 radical (unpaired) electrons. The van der Waals surface area contributed by atoms with Crippen molar-refractivity contribution in [2.24, 2.45) is 11.8 Å². The van der Waals surface area contributed by atoms with Crippen molar-refractivity contribution in [2.45, 2.75) is 38.5 Å². The van der Waals surface area contributed by atoms with Crippen molar-refractivity contribution in [2.75, 3.05) is 6.61 Å². The van der Waals surface area contributed by atoms with Gasteiger partial charge in [-0.15, -0.1) is 11.6 Å². The zero-order valence-electron chi connectivity index (χ0n) is 10.3. The largest absolute Gasteiger partial charge is 0.465 e. The van der Waals surface area contributed by atoms with E-state index in [0.717, 1.165) is 12.8 Å². The number of rotatable bonds is 4. The van der Waals surface area contributed by atoms with E-state index in [1.165, 1.54) is 0 Å². The van der Waals surface area contributed by atoms with Gasteiger partial charge in [0.25, 0.3) is 0 Å². The first-order valence-corrected chi connectivity index (χ1v) is 6.51. The zero-order valence-corrected chi connectivity index (χ0v) is 11.1. The molecule has 1 fully saturated rings. The molecule has 3 nitrogen and oxygen atoms in total. The van der Waals surface area contributed by atoms with Gasteiger partial charge in [-0.05, 0) is 39.0 Å². The molecule has 17 heavy (non-hydrogen) atoms. The molecule has 0 spiro atoms. The van der Waals surface area contributed by atoms with Crippen LogP contribution in [0.5, 0.6) is 0 Å². The number of esters is 1. The van der Waals surface area contributed by atoms with Gasteiger partial charge in [0.2, 0.25) is 0 Å². The molecule has 1 aliphatic rings. The Bertz CT molecular complexity index is 312. The molecule has 1 rings (SSSR count). The predicted molar refractivity (Wildman–Crippen MR) is 66.9 cm³/mol. The second kappa shape index (κ2) is 6.80. The first kappa shape index (κ1) is 14.2. The number of allylic oxidation sites excluding steroid dienone is 2. The van der Waals surface area contributed by atoms with Gasteiger partial charge in [-0.1, -0.05) is 12.2 Å². The van der Waals surface area contributed by atoms with Crippen LogP contribution >= 0.6 is 11.6 Å². The summed E-state index contributed by atoms with van der Waals surface area (Å²) in [4.78, 5) is 23.8. The summed E-state index contributed by atoms with van der Waals surface area (Å²) >= 11 is 5.93. The van der Waals surface area contributed by atoms with Gasteiger partial charge >= 0.3 is 5.97 Å². The van der Waals surface area contributed by atoms with Crippen LogP contribution in [0.2, 0.25) is 0 Å². The molecule has 0 aliphatic heterocycles. The maximum atomic E-state index is 12.0. The Morgan fingerprint density at radius 1 is 1.53 bits per heavy atom. The quantitative estimate of drug-likeness (QED) is 0.337. The first-order valence-electron chi connectivity index (χ1n) is 6.07. The Balaban J connectivity index is 2.79. The molecular weight excluding hydrogens is 240 g/mol. The molecule has 3 unspecified atom stereocenters. The first-order chi connectivity index (χ1) is 8.11. The minimum atomic E-state index is -0.678. The minimum absolute atomic E-state index is 0.0350. The second-order valence-electron chi connectivity index (χ2n) is 4.24. The maximum absolute atomic E-state index is 12.0. The van der Waals surface area contributed by atoms with Crippen LogP contribution in [-0.2, 0) is 14.3 Å². The van der Waals surface area contributed by atoms with Crippen molar-refractivity contribution < 1.29 is 14.3 Å². The molecule has 0 aromatic carbocycles. The molecule has 1 aliphatic carbocycles. The van der Waals surface area contributed by atoms with Crippen LogP contribution < -0.4 is 0 Å². The van der Waals surface area contributed by atoms with Crippen molar-refractivity contribution in [3.8, 4) is 0 Å². The Morgan fingerprint density at radius 2 is 2.24 bits per heavy atom. The van der Waals surface area contributed by atoms with Crippen LogP contribution in [0.15, 0.2) is 12.2 Å². The topological polar surface area (TPSA) is 43.4 Å². The molecule has 4 heteroatoms. The van der Waals surface area contributed by atoms with E-state index in [2.05, 4.69) is 0 Å². The highest BCUT2D eigenvalue weighted by atomic mass is 35.5. The van der Waals surface area contributed by atoms with E-state index in [1.54, 1.807) is 6.92 Å². The third kappa shape index (κ3) is 3.56. The second-order valence-corrected chi connectivity index (χ2v) is 4.77. The molecule has 0 N–H and O–H groups in total. The fourth-order valence-corrected chi connectivity index (χ4v) is 2.46. The van der Waals surface area contributed by atoms with Gasteiger partial charge < -0.3 is 4.74 Å². The van der Waals surface area contributed by atoms with E-state index < -0.39 is 17.3 Å². The molecule has 0 heterocycles. The lowest BCUT2D eigenvalue weighted by molar-refractivity contribution is -0.155. The van der Waals surface area contributed by atoms with Gasteiger partial charge in [0.05, 0.1) is 12.0 Å². The van der Waals surface area contributed by atoms with E-state index >= 15 is 0 Å². The average Bonchev–Trinajstić information content (AvgIpc) is 2.30. The number of hydrogen-bond donors (Lipinski definition) is 0. The summed E-state index contributed by atoms with van der Waals surface area (Å²) in [5.41, 5.74) is 0. The van der Waals surface area contributed by atoms with E-state index in [9.17, 15) is 9.59 Å². The molecule has 0 bridgehead atoms. The Morgan fingerprint density at radius 3 is 2.82 bits per heavy atom. The summed E-state index contributed by atoms with van der Waals surface area (Å²) in [5.74, 6) is -1.24. The van der Waals surface area contributed by atoms with E-state index in [-0.39, 0.29) is 11.7 Å². The van der Waals surface area contributed by atoms with Gasteiger partial charge in [-0.2, -0.15) is 0 Å². The molecule has 0 amide bonds. The molecule has 0 aromatic heterocycles. The Hall–Kier alpha value is -0.830. The van der Waals surface area contributed by atoms with Gasteiger partial charge in [0.15, 0.2) is 5.78 Å². The smallest absolute Gasteiger partial charge is 0.316 e. The van der Waals surface area contributed by atoms with Crippen LogP contribution in [0.4, 0.5) is 0 Å². The molecule has 0 saturated heterocycles. The number of Topliss-reactive ketones (excluding diaryl/α,β-unsaturated/α-hetero) is 1. The number of carbonyl (C=O) groups is 2. The van der Waals surface area contributed by atoms with Crippen molar-refractivity contribution in [3.05, 3.63) is 12.2 Å². The van der Waals surface area contributed by atoms with Crippen LogP contribution in [0.1, 0.15) is 33.1 Å². The van der Waals surface area contributed by atoms with Crippen LogP contribution in [0.3, 0.4) is 0 Å². The van der Waals surface area contributed by atoms with Gasteiger partial charge in [0, 0.05) is 0 Å². The normalized spacial score (nSPS) is 29.6. The van der Waals surface area contributed by atoms with Gasteiger partial charge in [-0.3, -0.25) is 9.59 Å². The number of alkyl halides is 1. The zero-order chi connectivity index (χ0) is 12.8. The molecule has 3 atom stereocenters. The van der Waals surface area contributed by atoms with Gasteiger partial charge in [0.1, 0.15) is 5.92 Å². The summed E-state index contributed by atoms with van der Waals surface area (Å²) in [6, 6.07) is 0. The van der Waals surface area contributed by atoms with Crippen LogP contribution in [0.25, 0.3) is 0 Å². The number of carbonyl (C=O) groups excluding carboxylic acids is 2. The third-order valence-corrected chi connectivity index (χ3v) is 3.53. The highest BCUT2D eigenvalue weighted by molar-refractivity contribution is 6.33. The minimum Gasteiger partial charge on any atom is -0.465 e. The summed E-state index contributed by atoms with van der Waals surface area (Å²) in [6.07, 6.45) is 6.10. The standard InChI is InChI=1S/C13H19ClO3/c1-3-5-6-9-7-8-10(14)12(15)11(9)13(16)17-4-2/h3,5,9-11H,4,6-8H2,1-2H3. The van der Waals surface area contributed by atoms with E-state index in [1.807, 2.05) is 19.1 Å². The van der Waals surface area contributed by atoms with Crippen molar-refractivity contribution in [1.82, 2.24) is 0 Å². The molecular formula is C13H19ClO3. The monoisotopic (exact) mass is 258 g/mol. The fraction of sp³-hybridized carbons (Fsp3) is 0.692. The lowest BCUT2D eigenvalue weighted by Gasteiger charge is -2.30. The highest BCUT2D eigenvalue weighted by Crippen LogP contribution is 2.33. The number of halogens is 1. The van der Waals surface area contributed by atoms with Crippen molar-refractivity contribution in [3.63, 3.8) is 0 Å². The number of hydrogen-bond acceptors (Lipinski definition) is 3. The lowest BCUT2D eigenvalue weighted by atomic mass is 9.76. The van der Waals surface area contributed by atoms with E-state index in [4.69, 9.17) is 16.3 Å². The van der Waals surface area contributed by atoms with E-state index in [0.29, 0.717) is 13.0 Å². The van der Waals surface area contributed by atoms with Crippen molar-refractivity contribution >= 4 is 23.4 Å². The van der Waals surface area contributed by atoms with Crippen LogP contribution in [-0.4, -0.2) is 23.7 Å². The Kier molecular flexibility index (Phi) is 5.69. The SMILES string of the molecule is CC=CCC1CCC(Cl)C(=O)C1C(=O)OCC.